The van der Waals surface area contributed by atoms with Crippen LogP contribution in [0.3, 0.4) is 0 Å². The summed E-state index contributed by atoms with van der Waals surface area (Å²) in [7, 11) is 3.46. The van der Waals surface area contributed by atoms with E-state index in [0.717, 1.165) is 6.42 Å². The number of hydrogen-bond acceptors (Lipinski definition) is 8. The third kappa shape index (κ3) is 3.74. The third-order valence-electron chi connectivity index (χ3n) is 3.86. The summed E-state index contributed by atoms with van der Waals surface area (Å²) in [6.45, 7) is 1.17. The highest BCUT2D eigenvalue weighted by molar-refractivity contribution is 5.72. The first-order chi connectivity index (χ1) is 11.0. The molecule has 0 aliphatic carbocycles. The highest BCUT2D eigenvalue weighted by Gasteiger charge is 2.29. The molecule has 1 aliphatic rings. The highest BCUT2D eigenvalue weighted by atomic mass is 16.3. The van der Waals surface area contributed by atoms with E-state index >= 15 is 0 Å². The number of hydrogen-bond donors (Lipinski definition) is 4. The van der Waals surface area contributed by atoms with Gasteiger partial charge in [-0.05, 0) is 12.8 Å². The molecule has 0 radical (unpaired) electrons. The van der Waals surface area contributed by atoms with Crippen LogP contribution in [0.5, 0.6) is 0 Å². The van der Waals surface area contributed by atoms with E-state index in [9.17, 15) is 9.90 Å². The number of nitrogens with zero attached hydrogens (tertiary/aromatic N) is 4. The molecule has 23 heavy (non-hydrogen) atoms. The Morgan fingerprint density at radius 1 is 1.30 bits per heavy atom. The molecule has 1 aromatic heterocycles. The molecular weight excluding hydrogens is 302 g/mol. The van der Waals surface area contributed by atoms with Gasteiger partial charge in [0, 0.05) is 33.8 Å². The van der Waals surface area contributed by atoms with Crippen LogP contribution in [0.4, 0.5) is 17.5 Å². The Bertz CT molecular complexity index is 591. The van der Waals surface area contributed by atoms with Gasteiger partial charge in [-0.25, -0.2) is 0 Å². The molecule has 1 unspecified atom stereocenters. The lowest BCUT2D eigenvalue weighted by Crippen LogP contribution is -2.30. The van der Waals surface area contributed by atoms with Crippen LogP contribution in [0.25, 0.3) is 0 Å². The molecule has 0 aromatic carbocycles. The summed E-state index contributed by atoms with van der Waals surface area (Å²) >= 11 is 0. The minimum Gasteiger partial charge on any atom is -0.396 e. The fraction of sp³-hybridized carbons (Fsp3) is 0.714. The first-order valence-corrected chi connectivity index (χ1v) is 7.70. The summed E-state index contributed by atoms with van der Waals surface area (Å²) in [5.41, 5.74) is 0.382. The molecule has 4 N–H and O–H groups in total. The third-order valence-corrected chi connectivity index (χ3v) is 3.86. The normalized spacial score (nSPS) is 15.0. The molecule has 0 spiro atoms. The van der Waals surface area contributed by atoms with Gasteiger partial charge in [-0.2, -0.15) is 4.98 Å². The zero-order chi connectivity index (χ0) is 17.0. The Morgan fingerprint density at radius 2 is 2.04 bits per heavy atom. The maximum absolute atomic E-state index is 12.5. The maximum atomic E-state index is 12.5. The van der Waals surface area contributed by atoms with Crippen LogP contribution >= 0.6 is 0 Å². The van der Waals surface area contributed by atoms with Crippen molar-refractivity contribution in [1.29, 1.82) is 0 Å². The van der Waals surface area contributed by atoms with E-state index in [-0.39, 0.29) is 25.3 Å². The Hall–Kier alpha value is -1.84. The fourth-order valence-electron chi connectivity index (χ4n) is 2.55. The summed E-state index contributed by atoms with van der Waals surface area (Å²) in [4.78, 5) is 20.9. The number of aliphatic hydroxyl groups is 3. The molecule has 0 amide bonds. The number of rotatable bonds is 8. The topological polar surface area (TPSA) is 114 Å². The van der Waals surface area contributed by atoms with Crippen molar-refractivity contribution in [1.82, 2.24) is 9.55 Å². The molecule has 1 aromatic rings. The minimum atomic E-state index is -0.913. The molecule has 9 heteroatoms. The second-order valence-corrected chi connectivity index (χ2v) is 5.72. The van der Waals surface area contributed by atoms with Gasteiger partial charge in [0.15, 0.2) is 5.82 Å². The molecule has 1 atom stereocenters. The summed E-state index contributed by atoms with van der Waals surface area (Å²) in [5, 5.41) is 30.1. The van der Waals surface area contributed by atoms with Crippen LogP contribution in [0.2, 0.25) is 0 Å². The Labute approximate surface area is 134 Å². The predicted molar refractivity (Wildman–Crippen MR) is 88.0 cm³/mol. The number of aliphatic hydroxyl groups excluding tert-OH is 3. The molecule has 0 bridgehead atoms. The van der Waals surface area contributed by atoms with Crippen molar-refractivity contribution in [2.45, 2.75) is 18.9 Å². The highest BCUT2D eigenvalue weighted by Crippen LogP contribution is 2.30. The van der Waals surface area contributed by atoms with Gasteiger partial charge >= 0.3 is 0 Å². The van der Waals surface area contributed by atoms with Crippen LogP contribution in [-0.2, 0) is 7.05 Å². The van der Waals surface area contributed by atoms with Gasteiger partial charge in [0.05, 0.1) is 19.4 Å². The minimum absolute atomic E-state index is 0.107. The van der Waals surface area contributed by atoms with Gasteiger partial charge in [-0.1, -0.05) is 0 Å². The van der Waals surface area contributed by atoms with Crippen molar-refractivity contribution >= 4 is 17.5 Å². The lowest BCUT2D eigenvalue weighted by Gasteiger charge is -2.19. The van der Waals surface area contributed by atoms with Gasteiger partial charge in [0.1, 0.15) is 5.69 Å². The lowest BCUT2D eigenvalue weighted by atomic mass is 10.3. The number of fused-ring (bicyclic) bond motifs is 1. The summed E-state index contributed by atoms with van der Waals surface area (Å²) < 4.78 is 1.40. The molecule has 2 heterocycles. The van der Waals surface area contributed by atoms with Crippen LogP contribution in [0, 0.1) is 0 Å². The van der Waals surface area contributed by atoms with E-state index in [1.165, 1.54) is 4.57 Å². The maximum Gasteiger partial charge on any atom is 0.280 e. The van der Waals surface area contributed by atoms with Crippen LogP contribution in [-0.4, -0.2) is 71.0 Å². The molecule has 130 valence electrons. The average molecular weight is 327 g/mol. The van der Waals surface area contributed by atoms with Crippen molar-refractivity contribution in [2.75, 3.05) is 55.1 Å². The molecule has 2 rings (SSSR count). The van der Waals surface area contributed by atoms with Gasteiger partial charge in [-0.3, -0.25) is 9.36 Å². The van der Waals surface area contributed by atoms with Gasteiger partial charge in [-0.15, -0.1) is 0 Å². The molecule has 9 nitrogen and oxygen atoms in total. The Morgan fingerprint density at radius 3 is 2.70 bits per heavy atom. The first-order valence-electron chi connectivity index (χ1n) is 7.70. The molecule has 0 saturated heterocycles. The average Bonchev–Trinajstić information content (AvgIpc) is 2.85. The van der Waals surface area contributed by atoms with Crippen LogP contribution < -0.4 is 20.7 Å². The van der Waals surface area contributed by atoms with Crippen molar-refractivity contribution in [3.63, 3.8) is 0 Å². The summed E-state index contributed by atoms with van der Waals surface area (Å²) in [6, 6.07) is 0. The van der Waals surface area contributed by atoms with E-state index in [2.05, 4.69) is 10.3 Å². The second kappa shape index (κ2) is 7.62. The standard InChI is InChI=1S/C14H25N5O4/c1-17-9-19(5-3-4-6-20)12-11(17)13(23)18(2)14(16-12)15-7-10(22)8-21/h10,20-22H,3-9H2,1-2H3,(H,15,16). The fourth-order valence-corrected chi connectivity index (χ4v) is 2.55. The SMILES string of the molecule is CN1CN(CCCCO)c2nc(NCC(O)CO)n(C)c(=O)c21. The second-order valence-electron chi connectivity index (χ2n) is 5.72. The molecule has 1 aliphatic heterocycles. The molecule has 0 fully saturated rings. The van der Waals surface area contributed by atoms with E-state index < -0.39 is 6.10 Å². The van der Waals surface area contributed by atoms with Crippen molar-refractivity contribution in [3.8, 4) is 0 Å². The molecule has 0 saturated carbocycles. The zero-order valence-electron chi connectivity index (χ0n) is 13.6. The number of unbranched alkanes of at least 4 members (excludes halogenated alkanes) is 1. The summed E-state index contributed by atoms with van der Waals surface area (Å²) in [6.07, 6.45) is 0.601. The Kier molecular flexibility index (Phi) is 5.80. The van der Waals surface area contributed by atoms with Crippen LogP contribution in [0.15, 0.2) is 4.79 Å². The van der Waals surface area contributed by atoms with Gasteiger partial charge in [0.25, 0.3) is 5.56 Å². The van der Waals surface area contributed by atoms with E-state index in [0.29, 0.717) is 37.1 Å². The first kappa shape index (κ1) is 17.5. The van der Waals surface area contributed by atoms with Crippen LogP contribution in [0.1, 0.15) is 12.8 Å². The number of aromatic nitrogens is 2. The van der Waals surface area contributed by atoms with Gasteiger partial charge in [0.2, 0.25) is 5.95 Å². The Balaban J connectivity index is 2.26. The van der Waals surface area contributed by atoms with Crippen molar-refractivity contribution in [3.05, 3.63) is 10.4 Å². The monoisotopic (exact) mass is 327 g/mol. The number of anilines is 3. The largest absolute Gasteiger partial charge is 0.396 e. The number of nitrogens with one attached hydrogen (secondary N) is 1. The van der Waals surface area contributed by atoms with E-state index in [4.69, 9.17) is 10.2 Å². The lowest BCUT2D eigenvalue weighted by molar-refractivity contribution is 0.105. The predicted octanol–water partition coefficient (Wildman–Crippen LogP) is -1.47. The van der Waals surface area contributed by atoms with Crippen molar-refractivity contribution in [2.24, 2.45) is 7.05 Å². The smallest absolute Gasteiger partial charge is 0.280 e. The van der Waals surface area contributed by atoms with E-state index in [1.807, 2.05) is 16.8 Å². The van der Waals surface area contributed by atoms with Gasteiger partial charge < -0.3 is 30.4 Å². The van der Waals surface area contributed by atoms with E-state index in [1.54, 1.807) is 7.05 Å². The molecular formula is C14H25N5O4. The quantitative estimate of drug-likeness (QED) is 0.428. The summed E-state index contributed by atoms with van der Waals surface area (Å²) in [5.74, 6) is 0.957. The van der Waals surface area contributed by atoms with Crippen molar-refractivity contribution < 1.29 is 15.3 Å². The zero-order valence-corrected chi connectivity index (χ0v) is 13.6.